The highest BCUT2D eigenvalue weighted by atomic mass is 16.6. The van der Waals surface area contributed by atoms with Gasteiger partial charge in [-0.15, -0.1) is 0 Å². The number of nitrogens with zero attached hydrogens (tertiary/aromatic N) is 2. The minimum Gasteiger partial charge on any atom is -0.445 e. The fourth-order valence-electron chi connectivity index (χ4n) is 9.96. The van der Waals surface area contributed by atoms with E-state index in [9.17, 15) is 4.79 Å². The number of aromatic nitrogens is 2. The molecule has 1 aromatic rings. The molecule has 2 unspecified atom stereocenters. The largest absolute Gasteiger partial charge is 0.445 e. The molecule has 4 aliphatic rings. The third-order valence-electron chi connectivity index (χ3n) is 12.3. The van der Waals surface area contributed by atoms with Crippen molar-refractivity contribution in [2.45, 2.75) is 118 Å². The molecule has 0 aliphatic heterocycles. The molecule has 3 fully saturated rings. The van der Waals surface area contributed by atoms with Crippen molar-refractivity contribution in [3.63, 3.8) is 0 Å². The van der Waals surface area contributed by atoms with E-state index in [-0.39, 0.29) is 17.6 Å². The van der Waals surface area contributed by atoms with Crippen LogP contribution in [0.1, 0.15) is 112 Å². The lowest BCUT2D eigenvalue weighted by Gasteiger charge is -2.58. The maximum atomic E-state index is 12.5. The molecule has 1 heterocycles. The third kappa shape index (κ3) is 4.84. The van der Waals surface area contributed by atoms with Gasteiger partial charge in [0.2, 0.25) is 0 Å². The van der Waals surface area contributed by atoms with Crippen molar-refractivity contribution < 1.29 is 9.53 Å². The molecule has 0 radical (unpaired) electrons. The molecule has 4 aliphatic carbocycles. The van der Waals surface area contributed by atoms with Crippen molar-refractivity contribution >= 4 is 6.09 Å². The number of hydrogen-bond donors (Lipinski definition) is 0. The number of carbonyl (C=O) groups is 1. The molecule has 0 amide bonds. The van der Waals surface area contributed by atoms with Gasteiger partial charge in [-0.3, -0.25) is 0 Å². The summed E-state index contributed by atoms with van der Waals surface area (Å²) < 4.78 is 7.35. The Bertz CT molecular complexity index is 967. The van der Waals surface area contributed by atoms with Crippen LogP contribution in [-0.4, -0.2) is 21.7 Å². The van der Waals surface area contributed by atoms with Gasteiger partial charge >= 0.3 is 6.09 Å². The number of allylic oxidation sites excluding steroid dienone is 1. The molecule has 9 atom stereocenters. The first-order chi connectivity index (χ1) is 17.7. The SMILES string of the molecule is CCC(CCC(C)[C@H]1CC[C@H]2[C@@H]3CC=C4C[C@@H](OC(=O)n5ccnc5)CC[C@]4(C)[C@H]3CC[C@]12C)C(C)C. The van der Waals surface area contributed by atoms with Crippen molar-refractivity contribution in [1.29, 1.82) is 0 Å². The molecule has 0 N–H and O–H groups in total. The standard InChI is InChI=1S/C33H52N2O2/c1-7-24(22(2)3)9-8-23(4)28-12-13-29-27-11-10-25-20-26(37-31(36)35-19-18-34-21-35)14-16-32(25,5)30(27)15-17-33(28,29)6/h10,18-19,21-24,26-30H,7-9,11-17,20H2,1-6H3/t23?,24?,26-,27-,28+,29-,30-,32-,33+/m0/s1. The maximum Gasteiger partial charge on any atom is 0.419 e. The Hall–Kier alpha value is -1.58. The first-order valence-electron chi connectivity index (χ1n) is 15.6. The van der Waals surface area contributed by atoms with Crippen LogP contribution in [0.15, 0.2) is 30.4 Å². The van der Waals surface area contributed by atoms with Gasteiger partial charge in [0.15, 0.2) is 0 Å². The van der Waals surface area contributed by atoms with Crippen molar-refractivity contribution in [2.24, 2.45) is 52.3 Å². The molecular weight excluding hydrogens is 456 g/mol. The van der Waals surface area contributed by atoms with Crippen LogP contribution >= 0.6 is 0 Å². The second kappa shape index (κ2) is 10.5. The predicted octanol–water partition coefficient (Wildman–Crippen LogP) is 8.91. The summed E-state index contributed by atoms with van der Waals surface area (Å²) >= 11 is 0. The summed E-state index contributed by atoms with van der Waals surface area (Å²) in [6.07, 6.45) is 21.2. The highest BCUT2D eigenvalue weighted by molar-refractivity contribution is 5.70. The van der Waals surface area contributed by atoms with E-state index in [0.717, 1.165) is 60.7 Å². The van der Waals surface area contributed by atoms with Gasteiger partial charge in [-0.05, 0) is 104 Å². The van der Waals surface area contributed by atoms with Crippen molar-refractivity contribution in [3.8, 4) is 0 Å². The first kappa shape index (κ1) is 27.0. The zero-order chi connectivity index (χ0) is 26.4. The van der Waals surface area contributed by atoms with Gasteiger partial charge in [-0.1, -0.05) is 66.0 Å². The number of hydrogen-bond acceptors (Lipinski definition) is 3. The topological polar surface area (TPSA) is 44.1 Å². The fraction of sp³-hybridized carbons (Fsp3) is 0.818. The Morgan fingerprint density at radius 3 is 2.62 bits per heavy atom. The lowest BCUT2D eigenvalue weighted by molar-refractivity contribution is -0.0583. The summed E-state index contributed by atoms with van der Waals surface area (Å²) in [5.41, 5.74) is 2.39. The molecule has 0 aromatic carbocycles. The van der Waals surface area contributed by atoms with E-state index < -0.39 is 0 Å². The van der Waals surface area contributed by atoms with E-state index in [1.54, 1.807) is 18.0 Å². The molecule has 37 heavy (non-hydrogen) atoms. The van der Waals surface area contributed by atoms with Gasteiger partial charge in [0, 0.05) is 18.8 Å². The molecule has 206 valence electrons. The van der Waals surface area contributed by atoms with E-state index in [1.165, 1.54) is 62.3 Å². The molecule has 4 heteroatoms. The summed E-state index contributed by atoms with van der Waals surface area (Å²) in [6, 6.07) is 0. The Kier molecular flexibility index (Phi) is 7.69. The average Bonchev–Trinajstić information content (AvgIpc) is 3.52. The number of imidazole rings is 1. The van der Waals surface area contributed by atoms with Crippen molar-refractivity contribution in [1.82, 2.24) is 9.55 Å². The lowest BCUT2D eigenvalue weighted by atomic mass is 9.47. The molecule has 1 aromatic heterocycles. The van der Waals surface area contributed by atoms with Gasteiger partial charge in [0.1, 0.15) is 12.4 Å². The summed E-state index contributed by atoms with van der Waals surface area (Å²) in [5, 5.41) is 0. The highest BCUT2D eigenvalue weighted by Crippen LogP contribution is 2.67. The Balaban J connectivity index is 1.25. The first-order valence-corrected chi connectivity index (χ1v) is 15.6. The van der Waals surface area contributed by atoms with Gasteiger partial charge in [-0.25, -0.2) is 14.3 Å². The molecule has 0 saturated heterocycles. The second-order valence-corrected chi connectivity index (χ2v) is 14.2. The van der Waals surface area contributed by atoms with Crippen molar-refractivity contribution in [2.75, 3.05) is 0 Å². The van der Waals surface area contributed by atoms with E-state index in [0.29, 0.717) is 5.41 Å². The monoisotopic (exact) mass is 508 g/mol. The van der Waals surface area contributed by atoms with Crippen LogP contribution in [0.2, 0.25) is 0 Å². The third-order valence-corrected chi connectivity index (χ3v) is 12.3. The van der Waals surface area contributed by atoms with E-state index in [1.807, 2.05) is 0 Å². The minimum atomic E-state index is -0.293. The predicted molar refractivity (Wildman–Crippen MR) is 150 cm³/mol. The number of fused-ring (bicyclic) bond motifs is 5. The van der Waals surface area contributed by atoms with E-state index >= 15 is 0 Å². The second-order valence-electron chi connectivity index (χ2n) is 14.2. The van der Waals surface area contributed by atoms with Crippen molar-refractivity contribution in [3.05, 3.63) is 30.4 Å². The van der Waals surface area contributed by atoms with Gasteiger partial charge in [-0.2, -0.15) is 0 Å². The molecule has 0 spiro atoms. The molecule has 0 bridgehead atoms. The van der Waals surface area contributed by atoms with E-state index in [4.69, 9.17) is 4.74 Å². The van der Waals surface area contributed by atoms with Gasteiger partial charge < -0.3 is 4.74 Å². The molecular formula is C33H52N2O2. The molecule has 5 rings (SSSR count). The van der Waals surface area contributed by atoms with Crippen LogP contribution in [0, 0.1) is 52.3 Å². The zero-order valence-electron chi connectivity index (χ0n) is 24.4. The smallest absolute Gasteiger partial charge is 0.419 e. The normalized spacial score (nSPS) is 38.8. The Labute approximate surface area is 226 Å². The van der Waals surface area contributed by atoms with Gasteiger partial charge in [0.25, 0.3) is 0 Å². The zero-order valence-corrected chi connectivity index (χ0v) is 24.4. The van der Waals surface area contributed by atoms with Crippen LogP contribution in [0.25, 0.3) is 0 Å². The summed E-state index contributed by atoms with van der Waals surface area (Å²) in [4.78, 5) is 16.5. The average molecular weight is 509 g/mol. The maximum absolute atomic E-state index is 12.5. The number of rotatable bonds is 7. The minimum absolute atomic E-state index is 0.00544. The highest BCUT2D eigenvalue weighted by Gasteiger charge is 2.59. The van der Waals surface area contributed by atoms with Crippen LogP contribution in [0.4, 0.5) is 4.79 Å². The lowest BCUT2D eigenvalue weighted by Crippen LogP contribution is -2.51. The Morgan fingerprint density at radius 1 is 1.11 bits per heavy atom. The summed E-state index contributed by atoms with van der Waals surface area (Å²) in [5.74, 6) is 5.98. The molecule has 4 nitrogen and oxygen atoms in total. The van der Waals surface area contributed by atoms with E-state index in [2.05, 4.69) is 52.6 Å². The van der Waals surface area contributed by atoms with Gasteiger partial charge in [0.05, 0.1) is 0 Å². The van der Waals surface area contributed by atoms with Crippen LogP contribution in [0.3, 0.4) is 0 Å². The number of carbonyl (C=O) groups excluding carboxylic acids is 1. The number of ether oxygens (including phenoxy) is 1. The summed E-state index contributed by atoms with van der Waals surface area (Å²) in [6.45, 7) is 15.0. The van der Waals surface area contributed by atoms with Crippen LogP contribution < -0.4 is 0 Å². The fourth-order valence-corrected chi connectivity index (χ4v) is 9.96. The Morgan fingerprint density at radius 2 is 1.92 bits per heavy atom. The molecule has 3 saturated carbocycles. The van der Waals surface area contributed by atoms with Crippen LogP contribution in [0.5, 0.6) is 0 Å². The summed E-state index contributed by atoms with van der Waals surface area (Å²) in [7, 11) is 0. The quantitative estimate of drug-likeness (QED) is 0.345. The van der Waals surface area contributed by atoms with Crippen LogP contribution in [-0.2, 0) is 4.74 Å².